The van der Waals surface area contributed by atoms with E-state index in [9.17, 15) is 36.4 Å². The van der Waals surface area contributed by atoms with Crippen LogP contribution in [-0.4, -0.2) is 75.6 Å². The molecule has 1 saturated heterocycles. The Morgan fingerprint density at radius 1 is 0.575 bits per heavy atom. The van der Waals surface area contributed by atoms with Gasteiger partial charge in [0, 0.05) is 69.8 Å². The number of carbonyl (C=O) groups is 4. The molecule has 6 amide bonds. The molecule has 87 heavy (non-hydrogen) atoms. The largest absolute Gasteiger partial charge is 0.351 e. The first-order valence-corrected chi connectivity index (χ1v) is 29.7. The van der Waals surface area contributed by atoms with Crippen LogP contribution in [0.3, 0.4) is 0 Å². The van der Waals surface area contributed by atoms with Gasteiger partial charge in [0.25, 0.3) is 11.8 Å². The second kappa shape index (κ2) is 24.4. The van der Waals surface area contributed by atoms with Crippen molar-refractivity contribution in [2.45, 2.75) is 103 Å². The number of aromatic nitrogens is 4. The van der Waals surface area contributed by atoms with Crippen LogP contribution in [0, 0.1) is 37.1 Å². The molecule has 0 bridgehead atoms. The summed E-state index contributed by atoms with van der Waals surface area (Å²) in [5.41, 5.74) is 4.68. The van der Waals surface area contributed by atoms with E-state index < -0.39 is 61.7 Å². The van der Waals surface area contributed by atoms with E-state index in [1.54, 1.807) is 37.3 Å². The van der Waals surface area contributed by atoms with Gasteiger partial charge >= 0.3 is 12.1 Å². The van der Waals surface area contributed by atoms with Gasteiger partial charge in [0.1, 0.15) is 34.6 Å². The monoisotopic (exact) mass is 1200 g/mol. The number of rotatable bonds is 13. The highest BCUT2D eigenvalue weighted by Crippen LogP contribution is 2.42. The Hall–Kier alpha value is -9.61. The highest BCUT2D eigenvalue weighted by atomic mass is 32.2. The zero-order chi connectivity index (χ0) is 62.1. The maximum absolute atomic E-state index is 15.2. The van der Waals surface area contributed by atoms with Crippen LogP contribution in [0.1, 0.15) is 94.6 Å². The Kier molecular flexibility index (Phi) is 17.0. The number of anilines is 5. The molecule has 448 valence electrons. The summed E-state index contributed by atoms with van der Waals surface area (Å²) < 4.78 is 85.2. The van der Waals surface area contributed by atoms with Gasteiger partial charge in [-0.3, -0.25) is 9.59 Å². The summed E-state index contributed by atoms with van der Waals surface area (Å²) in [6.45, 7) is 12.7. The van der Waals surface area contributed by atoms with Crippen molar-refractivity contribution in [3.63, 3.8) is 0 Å². The molecule has 18 nitrogen and oxygen atoms in total. The fourth-order valence-electron chi connectivity index (χ4n) is 11.2. The molecule has 0 aliphatic carbocycles. The van der Waals surface area contributed by atoms with Crippen LogP contribution in [0.15, 0.2) is 139 Å². The average Bonchev–Trinajstić information content (AvgIpc) is 0.820. The van der Waals surface area contributed by atoms with Crippen LogP contribution in [0.2, 0.25) is 0 Å². The number of halogens is 4. The Bertz CT molecular complexity index is 4080. The molecular weight excluding hydrogens is 1140 g/mol. The van der Waals surface area contributed by atoms with Gasteiger partial charge in [0.15, 0.2) is 11.6 Å². The SMILES string of the molecule is Cc1ccc(C(=O)NCc2ccccc2)cc1-c1nc(NC2CC(C)(C)NC(C)(C)C2)nc2c1CNC(=O)N2c1c(F)cccc1F.Cc1ccc(C(=O)NCc2ccccc2)cc1-c1nc(S(C)(=O)=O)nc2c1CNC(=O)N2c1c(F)cccc1F. The molecule has 6 aromatic carbocycles. The van der Waals surface area contributed by atoms with E-state index in [1.807, 2.05) is 73.7 Å². The molecule has 11 rings (SSSR count). The number of aryl methyl sites for hydroxylation is 2. The second-order valence-corrected chi connectivity index (χ2v) is 24.7. The lowest BCUT2D eigenvalue weighted by molar-refractivity contribution is 0.0943. The van der Waals surface area contributed by atoms with E-state index in [2.05, 4.69) is 69.6 Å². The number of hydrogen-bond acceptors (Lipinski definition) is 12. The second-order valence-electron chi connectivity index (χ2n) is 22.8. The van der Waals surface area contributed by atoms with Crippen molar-refractivity contribution in [3.05, 3.63) is 201 Å². The minimum Gasteiger partial charge on any atom is -0.351 e. The molecule has 3 aliphatic rings. The van der Waals surface area contributed by atoms with Crippen molar-refractivity contribution >= 4 is 62.7 Å². The van der Waals surface area contributed by atoms with Crippen LogP contribution in [0.25, 0.3) is 22.5 Å². The van der Waals surface area contributed by atoms with E-state index in [1.165, 1.54) is 6.07 Å². The highest BCUT2D eigenvalue weighted by molar-refractivity contribution is 7.90. The molecule has 0 atom stereocenters. The lowest BCUT2D eigenvalue weighted by atomic mass is 9.80. The summed E-state index contributed by atoms with van der Waals surface area (Å²) in [4.78, 5) is 72.1. The molecule has 2 aromatic heterocycles. The number of urea groups is 2. The summed E-state index contributed by atoms with van der Waals surface area (Å²) in [6, 6.07) is 34.0. The van der Waals surface area contributed by atoms with Crippen molar-refractivity contribution in [2.75, 3.05) is 21.4 Å². The summed E-state index contributed by atoms with van der Waals surface area (Å²) in [7, 11) is -4.04. The van der Waals surface area contributed by atoms with E-state index >= 15 is 8.78 Å². The third-order valence-corrected chi connectivity index (χ3v) is 15.7. The predicted octanol–water partition coefficient (Wildman–Crippen LogP) is 11.2. The maximum atomic E-state index is 15.2. The number of nitrogens with zero attached hydrogens (tertiary/aromatic N) is 6. The van der Waals surface area contributed by atoms with Gasteiger partial charge in [-0.15, -0.1) is 0 Å². The fourth-order valence-corrected chi connectivity index (χ4v) is 11.7. The van der Waals surface area contributed by atoms with Gasteiger partial charge in [-0.25, -0.2) is 55.3 Å². The van der Waals surface area contributed by atoms with Crippen LogP contribution >= 0.6 is 0 Å². The molecule has 8 aromatic rings. The minimum atomic E-state index is -4.04. The first-order valence-electron chi connectivity index (χ1n) is 27.8. The number of nitrogens with one attached hydrogen (secondary N) is 6. The molecule has 1 fully saturated rings. The van der Waals surface area contributed by atoms with Gasteiger partial charge in [-0.05, 0) is 125 Å². The highest BCUT2D eigenvalue weighted by Gasteiger charge is 2.40. The first-order chi connectivity index (χ1) is 41.3. The maximum Gasteiger partial charge on any atom is 0.328 e. The van der Waals surface area contributed by atoms with Crippen LogP contribution in [-0.2, 0) is 36.0 Å². The number of para-hydroxylation sites is 2. The normalized spacial score (nSPS) is 15.2. The summed E-state index contributed by atoms with van der Waals surface area (Å²) in [6.07, 6.45) is 2.40. The van der Waals surface area contributed by atoms with Gasteiger partial charge < -0.3 is 31.9 Å². The zero-order valence-corrected chi connectivity index (χ0v) is 49.4. The van der Waals surface area contributed by atoms with Crippen molar-refractivity contribution < 1.29 is 45.2 Å². The Labute approximate surface area is 500 Å². The predicted molar refractivity (Wildman–Crippen MR) is 322 cm³/mol. The van der Waals surface area contributed by atoms with E-state index in [0.717, 1.165) is 71.0 Å². The first kappa shape index (κ1) is 60.5. The standard InChI is InChI=1S/C36H39F2N7O2.C28H23F2N5O4S/c1-21-14-15-23(32(46)39-19-22-10-7-6-8-11-22)16-25(21)29-26-20-40-34(47)45(30-27(37)12-9-13-28(30)38)31(26)43-33(42-29)41-24-17-35(2,3)44-36(4,5)18-24;1-16-11-12-18(26(36)31-14-17-7-4-3-5-8-17)13-19(16)23-20-15-32-28(37)35(24-21(29)9-6-10-22(24)30)25(20)34-27(33-23)40(2,38)39/h6-16,24,44H,17-20H2,1-5H3,(H,39,46)(H,40,47)(H,41,42,43);3-13H,14-15H2,1-2H3,(H,31,36)(H,32,37). The number of piperidine rings is 1. The molecule has 6 N–H and O–H groups in total. The zero-order valence-electron chi connectivity index (χ0n) is 48.6. The van der Waals surface area contributed by atoms with Gasteiger partial charge in [0.2, 0.25) is 20.9 Å². The Morgan fingerprint density at radius 3 is 1.41 bits per heavy atom. The lowest BCUT2D eigenvalue weighted by Gasteiger charge is -2.46. The van der Waals surface area contributed by atoms with Gasteiger partial charge in [-0.2, -0.15) is 9.97 Å². The lowest BCUT2D eigenvalue weighted by Crippen LogP contribution is -2.60. The van der Waals surface area contributed by atoms with E-state index in [-0.39, 0.29) is 76.4 Å². The molecule has 0 spiro atoms. The molecule has 3 aliphatic heterocycles. The Morgan fingerprint density at radius 2 is 0.989 bits per heavy atom. The number of hydrogen-bond donors (Lipinski definition) is 6. The molecule has 5 heterocycles. The number of benzene rings is 6. The topological polar surface area (TPSA) is 233 Å². The number of carbonyl (C=O) groups excluding carboxylic acids is 4. The molecule has 23 heteroatoms. The van der Waals surface area contributed by atoms with E-state index in [0.29, 0.717) is 51.5 Å². The van der Waals surface area contributed by atoms with Crippen LogP contribution < -0.4 is 41.7 Å². The number of fused-ring (bicyclic) bond motifs is 2. The fraction of sp³-hybridized carbons (Fsp3) is 0.250. The summed E-state index contributed by atoms with van der Waals surface area (Å²) in [5, 5.41) is 17.6. The smallest absolute Gasteiger partial charge is 0.328 e. The minimum absolute atomic E-state index is 0.0215. The molecule has 0 unspecified atom stereocenters. The Balaban J connectivity index is 0.000000195. The van der Waals surface area contributed by atoms with Crippen molar-refractivity contribution in [1.82, 2.24) is 46.5 Å². The quantitative estimate of drug-likeness (QED) is 0.0468. The number of amides is 6. The van der Waals surface area contributed by atoms with Crippen molar-refractivity contribution in [1.29, 1.82) is 0 Å². The third kappa shape index (κ3) is 13.3. The van der Waals surface area contributed by atoms with E-state index in [4.69, 9.17) is 9.97 Å². The van der Waals surface area contributed by atoms with Gasteiger partial charge in [-0.1, -0.05) is 84.9 Å². The summed E-state index contributed by atoms with van der Waals surface area (Å²) in [5.74, 6) is -4.54. The average molecular weight is 1200 g/mol. The molecule has 0 radical (unpaired) electrons. The van der Waals surface area contributed by atoms with Crippen molar-refractivity contribution in [2.24, 2.45) is 0 Å². The van der Waals surface area contributed by atoms with Crippen molar-refractivity contribution in [3.8, 4) is 22.5 Å². The molecule has 0 saturated carbocycles. The third-order valence-electron chi connectivity index (χ3n) is 14.9. The van der Waals surface area contributed by atoms with Crippen LogP contribution in [0.4, 0.5) is 56.1 Å². The van der Waals surface area contributed by atoms with Gasteiger partial charge in [0.05, 0.1) is 24.5 Å². The van der Waals surface area contributed by atoms with Crippen LogP contribution in [0.5, 0.6) is 0 Å². The summed E-state index contributed by atoms with van der Waals surface area (Å²) >= 11 is 0. The number of sulfone groups is 1. The molecular formula is C64H62F4N12O6S.